The molecule has 0 atom stereocenters. The van der Waals surface area contributed by atoms with Crippen LogP contribution in [-0.4, -0.2) is 16.9 Å². The minimum atomic E-state index is -0.835. The third kappa shape index (κ3) is 22.5. The molecule has 0 heterocycles. The summed E-state index contributed by atoms with van der Waals surface area (Å²) in [6.07, 6.45) is 36.7. The van der Waals surface area contributed by atoms with E-state index in [4.69, 9.17) is 5.11 Å². The van der Waals surface area contributed by atoms with E-state index in [9.17, 15) is 9.59 Å². The molecule has 3 heteroatoms. The monoisotopic (exact) mass is 362 g/mol. The first-order valence-electron chi connectivity index (χ1n) is 8.52. The molecule has 0 fully saturated rings. The second-order valence-corrected chi connectivity index (χ2v) is 5.07. The molecule has 0 aromatic rings. The van der Waals surface area contributed by atoms with E-state index >= 15 is 0 Å². The van der Waals surface area contributed by atoms with Crippen LogP contribution in [0.2, 0.25) is 0 Å². The summed E-state index contributed by atoms with van der Waals surface area (Å²) in [5.41, 5.74) is 0. The first-order valence-corrected chi connectivity index (χ1v) is 8.52. The van der Waals surface area contributed by atoms with Gasteiger partial charge in [0.15, 0.2) is 5.78 Å². The third-order valence-corrected chi connectivity index (χ3v) is 2.65. The SMILES string of the molecule is CC(=O)C=CC=CC=CC=CC=CC=CC=CC=CC=CC=CCC(=O)O. The predicted molar refractivity (Wildman–Crippen MR) is 114 cm³/mol. The van der Waals surface area contributed by atoms with Gasteiger partial charge in [-0.15, -0.1) is 0 Å². The fourth-order valence-electron chi connectivity index (χ4n) is 1.46. The van der Waals surface area contributed by atoms with Crippen LogP contribution in [-0.2, 0) is 9.59 Å². The van der Waals surface area contributed by atoms with E-state index in [2.05, 4.69) is 0 Å². The molecule has 0 aliphatic carbocycles. The van der Waals surface area contributed by atoms with Crippen LogP contribution < -0.4 is 0 Å². The Bertz CT molecular complexity index is 719. The minimum Gasteiger partial charge on any atom is -0.481 e. The Morgan fingerprint density at radius 3 is 1.15 bits per heavy atom. The molecule has 3 nitrogen and oxygen atoms in total. The smallest absolute Gasteiger partial charge is 0.307 e. The Morgan fingerprint density at radius 1 is 0.556 bits per heavy atom. The number of ketones is 1. The van der Waals surface area contributed by atoms with Crippen molar-refractivity contribution in [3.8, 4) is 0 Å². The van der Waals surface area contributed by atoms with Crippen molar-refractivity contribution in [2.45, 2.75) is 13.3 Å². The van der Waals surface area contributed by atoms with Crippen molar-refractivity contribution >= 4 is 11.8 Å². The average Bonchev–Trinajstić information content (AvgIpc) is 2.62. The van der Waals surface area contributed by atoms with Gasteiger partial charge >= 0.3 is 5.97 Å². The van der Waals surface area contributed by atoms with E-state index in [-0.39, 0.29) is 12.2 Å². The number of rotatable bonds is 12. The highest BCUT2D eigenvalue weighted by Gasteiger charge is 1.86. The van der Waals surface area contributed by atoms with Crippen LogP contribution >= 0.6 is 0 Å². The van der Waals surface area contributed by atoms with Gasteiger partial charge in [-0.05, 0) is 13.0 Å². The van der Waals surface area contributed by atoms with E-state index in [1.54, 1.807) is 30.4 Å². The molecule has 0 unspecified atom stereocenters. The highest BCUT2D eigenvalue weighted by Crippen LogP contribution is 1.88. The molecule has 0 saturated heterocycles. The molecule has 0 aromatic carbocycles. The topological polar surface area (TPSA) is 54.4 Å². The Hall–Kier alpha value is -3.46. The lowest BCUT2D eigenvalue weighted by atomic mass is 10.3. The van der Waals surface area contributed by atoms with E-state index in [1.807, 2.05) is 85.1 Å². The van der Waals surface area contributed by atoms with E-state index < -0.39 is 5.97 Å². The van der Waals surface area contributed by atoms with Crippen molar-refractivity contribution in [1.82, 2.24) is 0 Å². The summed E-state index contributed by atoms with van der Waals surface area (Å²) >= 11 is 0. The zero-order valence-electron chi connectivity index (χ0n) is 15.5. The van der Waals surface area contributed by atoms with Crippen LogP contribution in [0.4, 0.5) is 0 Å². The average molecular weight is 362 g/mol. The Labute approximate surface area is 161 Å². The van der Waals surface area contributed by atoms with Crippen molar-refractivity contribution in [2.75, 3.05) is 0 Å². The van der Waals surface area contributed by atoms with Crippen LogP contribution in [0, 0.1) is 0 Å². The number of aliphatic carboxylic acids is 1. The van der Waals surface area contributed by atoms with Gasteiger partial charge in [-0.25, -0.2) is 0 Å². The lowest BCUT2D eigenvalue weighted by Gasteiger charge is -1.79. The van der Waals surface area contributed by atoms with Gasteiger partial charge in [-0.2, -0.15) is 0 Å². The van der Waals surface area contributed by atoms with Gasteiger partial charge < -0.3 is 5.11 Å². The molecule has 0 aromatic heterocycles. The number of carboxylic acids is 1. The number of allylic oxidation sites excluding steroid dienone is 19. The molecule has 1 N–H and O–H groups in total. The normalized spacial score (nSPS) is 14.0. The van der Waals surface area contributed by atoms with Gasteiger partial charge in [-0.3, -0.25) is 9.59 Å². The first-order chi connectivity index (χ1) is 13.1. The van der Waals surface area contributed by atoms with E-state index in [1.165, 1.54) is 13.0 Å². The van der Waals surface area contributed by atoms with Gasteiger partial charge in [0.25, 0.3) is 0 Å². The maximum absolute atomic E-state index is 10.7. The van der Waals surface area contributed by atoms with Crippen LogP contribution in [0.15, 0.2) is 122 Å². The molecule has 0 rings (SSSR count). The summed E-state index contributed by atoms with van der Waals surface area (Å²) in [6, 6.07) is 0. The van der Waals surface area contributed by atoms with Gasteiger partial charge in [0, 0.05) is 0 Å². The standard InChI is InChI=1S/C24H26O3/c1-23(25)21-19-17-15-13-11-9-7-5-3-2-4-6-8-10-12-14-16-18-20-22-24(26)27/h2-21H,22H2,1H3,(H,26,27). The molecule has 0 radical (unpaired) electrons. The van der Waals surface area contributed by atoms with Crippen molar-refractivity contribution in [2.24, 2.45) is 0 Å². The first kappa shape index (κ1) is 23.5. The van der Waals surface area contributed by atoms with Crippen molar-refractivity contribution in [3.63, 3.8) is 0 Å². The number of hydrogen-bond donors (Lipinski definition) is 1. The number of carboxylic acid groups (broad SMARTS) is 1. The number of carbonyl (C=O) groups excluding carboxylic acids is 1. The Kier molecular flexibility index (Phi) is 16.5. The highest BCUT2D eigenvalue weighted by molar-refractivity contribution is 5.87. The maximum Gasteiger partial charge on any atom is 0.307 e. The second-order valence-electron chi connectivity index (χ2n) is 5.07. The molecule has 27 heavy (non-hydrogen) atoms. The van der Waals surface area contributed by atoms with Crippen molar-refractivity contribution in [1.29, 1.82) is 0 Å². The summed E-state index contributed by atoms with van der Waals surface area (Å²) in [5.74, 6) is -0.801. The summed E-state index contributed by atoms with van der Waals surface area (Å²) in [7, 11) is 0. The Morgan fingerprint density at radius 2 is 0.852 bits per heavy atom. The van der Waals surface area contributed by atoms with Crippen LogP contribution in [0.5, 0.6) is 0 Å². The van der Waals surface area contributed by atoms with Crippen LogP contribution in [0.25, 0.3) is 0 Å². The molecular weight excluding hydrogens is 336 g/mol. The third-order valence-electron chi connectivity index (χ3n) is 2.65. The van der Waals surface area contributed by atoms with Gasteiger partial charge in [-0.1, -0.05) is 115 Å². The maximum atomic E-state index is 10.7. The summed E-state index contributed by atoms with van der Waals surface area (Å²) < 4.78 is 0. The number of hydrogen-bond acceptors (Lipinski definition) is 2. The second kappa shape index (κ2) is 18.9. The van der Waals surface area contributed by atoms with Crippen molar-refractivity contribution in [3.05, 3.63) is 122 Å². The zero-order chi connectivity index (χ0) is 20.0. The zero-order valence-corrected chi connectivity index (χ0v) is 15.5. The minimum absolute atomic E-state index is 0.0341. The van der Waals surface area contributed by atoms with Gasteiger partial charge in [0.1, 0.15) is 0 Å². The van der Waals surface area contributed by atoms with Gasteiger partial charge in [0.05, 0.1) is 6.42 Å². The van der Waals surface area contributed by atoms with E-state index in [0.717, 1.165) is 0 Å². The fourth-order valence-corrected chi connectivity index (χ4v) is 1.46. The summed E-state index contributed by atoms with van der Waals surface area (Å²) in [6.45, 7) is 1.51. The summed E-state index contributed by atoms with van der Waals surface area (Å²) in [4.78, 5) is 20.9. The van der Waals surface area contributed by atoms with E-state index in [0.29, 0.717) is 0 Å². The molecular formula is C24H26O3. The fraction of sp³-hybridized carbons (Fsp3) is 0.0833. The Balaban J connectivity index is 3.94. The molecule has 0 amide bonds. The van der Waals surface area contributed by atoms with Crippen LogP contribution in [0.3, 0.4) is 0 Å². The molecule has 0 bridgehead atoms. The molecule has 140 valence electrons. The summed E-state index contributed by atoms with van der Waals surface area (Å²) in [5, 5.41) is 8.45. The quantitative estimate of drug-likeness (QED) is 0.362. The molecule has 0 aliphatic heterocycles. The predicted octanol–water partition coefficient (Wildman–Crippen LogP) is 5.61. The molecule has 0 spiro atoms. The van der Waals surface area contributed by atoms with Gasteiger partial charge in [0.2, 0.25) is 0 Å². The lowest BCUT2D eigenvalue weighted by Crippen LogP contribution is -1.89. The highest BCUT2D eigenvalue weighted by atomic mass is 16.4. The largest absolute Gasteiger partial charge is 0.481 e. The molecule has 0 saturated carbocycles. The number of carbonyl (C=O) groups is 2. The van der Waals surface area contributed by atoms with Crippen LogP contribution in [0.1, 0.15) is 13.3 Å². The van der Waals surface area contributed by atoms with Crippen molar-refractivity contribution < 1.29 is 14.7 Å². The molecule has 0 aliphatic rings. The lowest BCUT2D eigenvalue weighted by molar-refractivity contribution is -0.136.